The molecule has 0 amide bonds. The van der Waals surface area contributed by atoms with Crippen molar-refractivity contribution >= 4 is 34.3 Å². The minimum absolute atomic E-state index is 0.246. The van der Waals surface area contributed by atoms with Gasteiger partial charge in [0.25, 0.3) is 0 Å². The third-order valence-electron chi connectivity index (χ3n) is 3.59. The Balaban J connectivity index is 1.77. The molecule has 0 unspecified atom stereocenters. The molecular weight excluding hydrogens is 314 g/mol. The number of esters is 1. The first-order valence-corrected chi connectivity index (χ1v) is 7.51. The number of halogens is 1. The highest BCUT2D eigenvalue weighted by Crippen LogP contribution is 2.20. The summed E-state index contributed by atoms with van der Waals surface area (Å²) in [5.74, 6) is -0.799. The first-order chi connectivity index (χ1) is 11.1. The second kappa shape index (κ2) is 6.26. The number of para-hydroxylation sites is 1. The minimum atomic E-state index is -0.877. The molecular formula is C18H14ClNO3. The van der Waals surface area contributed by atoms with E-state index in [0.29, 0.717) is 16.1 Å². The van der Waals surface area contributed by atoms with Gasteiger partial charge in [-0.3, -0.25) is 4.79 Å². The van der Waals surface area contributed by atoms with E-state index in [2.05, 4.69) is 4.98 Å². The maximum atomic E-state index is 12.5. The average Bonchev–Trinajstić information content (AvgIpc) is 2.98. The number of H-pyrrole nitrogens is 1. The second-order valence-electron chi connectivity index (χ2n) is 5.17. The van der Waals surface area contributed by atoms with E-state index in [4.69, 9.17) is 16.3 Å². The lowest BCUT2D eigenvalue weighted by Gasteiger charge is -2.12. The Kier molecular flexibility index (Phi) is 4.17. The van der Waals surface area contributed by atoms with Gasteiger partial charge in [-0.05, 0) is 37.3 Å². The lowest BCUT2D eigenvalue weighted by Crippen LogP contribution is -2.24. The molecule has 5 heteroatoms. The van der Waals surface area contributed by atoms with Crippen molar-refractivity contribution in [2.75, 3.05) is 0 Å². The van der Waals surface area contributed by atoms with Gasteiger partial charge in [0.05, 0.1) is 5.56 Å². The molecule has 23 heavy (non-hydrogen) atoms. The number of hydrogen-bond acceptors (Lipinski definition) is 3. The molecule has 3 aromatic rings. The molecule has 1 heterocycles. The summed E-state index contributed by atoms with van der Waals surface area (Å²) in [6.07, 6.45) is 0.761. The molecule has 0 saturated heterocycles. The van der Waals surface area contributed by atoms with Crippen molar-refractivity contribution in [1.29, 1.82) is 0 Å². The van der Waals surface area contributed by atoms with E-state index in [1.54, 1.807) is 37.4 Å². The molecule has 4 nitrogen and oxygen atoms in total. The molecule has 0 spiro atoms. The lowest BCUT2D eigenvalue weighted by atomic mass is 10.1. The standard InChI is InChI=1S/C18H14ClNO3/c1-11(23-18(22)12-6-8-13(19)9-7-12)17(21)15-10-20-16-5-3-2-4-14(15)16/h2-11,20H,1H3/t11-/m1/s1. The zero-order valence-electron chi connectivity index (χ0n) is 12.4. The predicted molar refractivity (Wildman–Crippen MR) is 89.0 cm³/mol. The van der Waals surface area contributed by atoms with E-state index in [1.165, 1.54) is 0 Å². The zero-order chi connectivity index (χ0) is 16.4. The van der Waals surface area contributed by atoms with Crippen LogP contribution in [-0.2, 0) is 4.74 Å². The Bertz CT molecular complexity index is 867. The lowest BCUT2D eigenvalue weighted by molar-refractivity contribution is 0.0319. The quantitative estimate of drug-likeness (QED) is 0.575. The van der Waals surface area contributed by atoms with Crippen molar-refractivity contribution in [2.24, 2.45) is 0 Å². The number of fused-ring (bicyclic) bond motifs is 1. The minimum Gasteiger partial charge on any atom is -0.451 e. The van der Waals surface area contributed by atoms with Crippen LogP contribution >= 0.6 is 11.6 Å². The SMILES string of the molecule is C[C@@H](OC(=O)c1ccc(Cl)cc1)C(=O)c1c[nH]c2ccccc12. The second-order valence-corrected chi connectivity index (χ2v) is 5.60. The van der Waals surface area contributed by atoms with Crippen LogP contribution in [0.25, 0.3) is 10.9 Å². The number of carbonyl (C=O) groups excluding carboxylic acids is 2. The molecule has 0 fully saturated rings. The first-order valence-electron chi connectivity index (χ1n) is 7.13. The Hall–Kier alpha value is -2.59. The summed E-state index contributed by atoms with van der Waals surface area (Å²) in [6.45, 7) is 1.57. The van der Waals surface area contributed by atoms with Gasteiger partial charge in [-0.15, -0.1) is 0 Å². The van der Waals surface area contributed by atoms with Crippen LogP contribution in [0.5, 0.6) is 0 Å². The monoisotopic (exact) mass is 327 g/mol. The molecule has 1 aromatic heterocycles. The average molecular weight is 328 g/mol. The van der Waals surface area contributed by atoms with E-state index in [1.807, 2.05) is 24.3 Å². The van der Waals surface area contributed by atoms with Gasteiger partial charge in [-0.2, -0.15) is 0 Å². The van der Waals surface area contributed by atoms with Crippen molar-refractivity contribution in [1.82, 2.24) is 4.98 Å². The van der Waals surface area contributed by atoms with Gasteiger partial charge >= 0.3 is 5.97 Å². The van der Waals surface area contributed by atoms with Crippen LogP contribution in [0.3, 0.4) is 0 Å². The van der Waals surface area contributed by atoms with Crippen molar-refractivity contribution in [3.8, 4) is 0 Å². The van der Waals surface area contributed by atoms with E-state index >= 15 is 0 Å². The predicted octanol–water partition coefficient (Wildman–Crippen LogP) is 4.25. The van der Waals surface area contributed by atoms with Crippen molar-refractivity contribution in [3.63, 3.8) is 0 Å². The molecule has 0 aliphatic heterocycles. The fourth-order valence-electron chi connectivity index (χ4n) is 2.36. The van der Waals surface area contributed by atoms with Crippen LogP contribution in [0.15, 0.2) is 54.7 Å². The van der Waals surface area contributed by atoms with Crippen molar-refractivity contribution in [2.45, 2.75) is 13.0 Å². The van der Waals surface area contributed by atoms with Gasteiger partial charge in [0.1, 0.15) is 0 Å². The fraction of sp³-hybridized carbons (Fsp3) is 0.111. The van der Waals surface area contributed by atoms with Gasteiger partial charge in [-0.1, -0.05) is 29.8 Å². The molecule has 1 N–H and O–H groups in total. The number of nitrogens with one attached hydrogen (secondary N) is 1. The molecule has 0 radical (unpaired) electrons. The molecule has 0 bridgehead atoms. The number of carbonyl (C=O) groups is 2. The number of Topliss-reactive ketones (excluding diaryl/α,β-unsaturated/α-hetero) is 1. The molecule has 3 rings (SSSR count). The molecule has 1 atom stereocenters. The van der Waals surface area contributed by atoms with Crippen LogP contribution in [0.1, 0.15) is 27.6 Å². The van der Waals surface area contributed by atoms with Crippen LogP contribution in [0.4, 0.5) is 0 Å². The molecule has 116 valence electrons. The summed E-state index contributed by atoms with van der Waals surface area (Å²) in [4.78, 5) is 27.6. The number of rotatable bonds is 4. The number of ketones is 1. The van der Waals surface area contributed by atoms with Crippen LogP contribution in [0.2, 0.25) is 5.02 Å². The van der Waals surface area contributed by atoms with E-state index in [9.17, 15) is 9.59 Å². The van der Waals surface area contributed by atoms with Crippen molar-refractivity contribution < 1.29 is 14.3 Å². The van der Waals surface area contributed by atoms with Gasteiger partial charge in [0.15, 0.2) is 6.10 Å². The summed E-state index contributed by atoms with van der Waals surface area (Å²) in [6, 6.07) is 13.8. The van der Waals surface area contributed by atoms with E-state index in [-0.39, 0.29) is 5.78 Å². The number of aromatic amines is 1. The molecule has 0 saturated carbocycles. The van der Waals surface area contributed by atoms with E-state index < -0.39 is 12.1 Å². The summed E-state index contributed by atoms with van der Waals surface area (Å²) in [5.41, 5.74) is 1.73. The van der Waals surface area contributed by atoms with Gasteiger partial charge in [0, 0.05) is 27.7 Å². The molecule has 0 aliphatic carbocycles. The Morgan fingerprint density at radius 3 is 2.52 bits per heavy atom. The third kappa shape index (κ3) is 3.12. The highest BCUT2D eigenvalue weighted by Gasteiger charge is 2.22. The fourth-order valence-corrected chi connectivity index (χ4v) is 2.49. The van der Waals surface area contributed by atoms with Gasteiger partial charge < -0.3 is 9.72 Å². The topological polar surface area (TPSA) is 59.2 Å². The van der Waals surface area contributed by atoms with Crippen molar-refractivity contribution in [3.05, 3.63) is 70.9 Å². The summed E-state index contributed by atoms with van der Waals surface area (Å²) in [7, 11) is 0. The maximum absolute atomic E-state index is 12.5. The number of ether oxygens (including phenoxy) is 1. The smallest absolute Gasteiger partial charge is 0.338 e. The first kappa shape index (κ1) is 15.3. The Morgan fingerprint density at radius 1 is 1.09 bits per heavy atom. The Morgan fingerprint density at radius 2 is 1.78 bits per heavy atom. The normalized spacial score (nSPS) is 12.1. The zero-order valence-corrected chi connectivity index (χ0v) is 13.1. The molecule has 0 aliphatic rings. The number of aromatic nitrogens is 1. The summed E-state index contributed by atoms with van der Waals surface area (Å²) < 4.78 is 5.27. The van der Waals surface area contributed by atoms with Crippen LogP contribution in [0, 0.1) is 0 Å². The highest BCUT2D eigenvalue weighted by molar-refractivity contribution is 6.30. The van der Waals surface area contributed by atoms with Gasteiger partial charge in [-0.25, -0.2) is 4.79 Å². The van der Waals surface area contributed by atoms with E-state index in [0.717, 1.165) is 10.9 Å². The largest absolute Gasteiger partial charge is 0.451 e. The highest BCUT2D eigenvalue weighted by atomic mass is 35.5. The molecule has 2 aromatic carbocycles. The summed E-state index contributed by atoms with van der Waals surface area (Å²) in [5, 5.41) is 1.34. The summed E-state index contributed by atoms with van der Waals surface area (Å²) >= 11 is 5.79. The maximum Gasteiger partial charge on any atom is 0.338 e. The Labute approximate surface area is 138 Å². The van der Waals surface area contributed by atoms with Crippen LogP contribution < -0.4 is 0 Å². The number of benzene rings is 2. The van der Waals surface area contributed by atoms with Gasteiger partial charge in [0.2, 0.25) is 5.78 Å². The number of hydrogen-bond donors (Lipinski definition) is 1. The van der Waals surface area contributed by atoms with Crippen LogP contribution in [-0.4, -0.2) is 22.8 Å². The third-order valence-corrected chi connectivity index (χ3v) is 3.84.